The van der Waals surface area contributed by atoms with Crippen molar-refractivity contribution in [3.63, 3.8) is 0 Å². The van der Waals surface area contributed by atoms with Crippen molar-refractivity contribution in [2.24, 2.45) is 0 Å². The van der Waals surface area contributed by atoms with Gasteiger partial charge in [-0.25, -0.2) is 0 Å². The van der Waals surface area contributed by atoms with Crippen molar-refractivity contribution >= 4 is 46.4 Å². The summed E-state index contributed by atoms with van der Waals surface area (Å²) in [7, 11) is 0. The van der Waals surface area contributed by atoms with Crippen LogP contribution in [0, 0.1) is 0 Å². The van der Waals surface area contributed by atoms with E-state index < -0.39 is 0 Å². The van der Waals surface area contributed by atoms with Crippen molar-refractivity contribution in [2.75, 3.05) is 0 Å². The highest BCUT2D eigenvalue weighted by Gasteiger charge is 2.21. The van der Waals surface area contributed by atoms with Crippen LogP contribution in [0.1, 0.15) is 0 Å². The third-order valence-electron chi connectivity index (χ3n) is 2.84. The van der Waals surface area contributed by atoms with E-state index in [1.54, 1.807) is 24.3 Å². The lowest BCUT2D eigenvalue weighted by atomic mass is 10.2. The lowest BCUT2D eigenvalue weighted by Gasteiger charge is -2.21. The molecule has 0 radical (unpaired) electrons. The maximum absolute atomic E-state index is 5.91. The van der Waals surface area contributed by atoms with Gasteiger partial charge in [0.25, 0.3) is 0 Å². The van der Waals surface area contributed by atoms with E-state index in [4.69, 9.17) is 55.9 Å². The van der Waals surface area contributed by atoms with E-state index in [0.29, 0.717) is 43.1 Å². The molecule has 2 heterocycles. The number of hydrogen-bond donors (Lipinski definition) is 0. The zero-order chi connectivity index (χ0) is 17.1. The molecule has 0 saturated carbocycles. The van der Waals surface area contributed by atoms with Crippen LogP contribution < -0.4 is 9.47 Å². The Morgan fingerprint density at radius 1 is 0.458 bits per heavy atom. The average molecular weight is 406 g/mol. The summed E-state index contributed by atoms with van der Waals surface area (Å²) in [6.07, 6.45) is 5.83. The Morgan fingerprint density at radius 3 is 0.917 bits per heavy atom. The van der Waals surface area contributed by atoms with Crippen LogP contribution in [-0.4, -0.2) is 0 Å². The summed E-state index contributed by atoms with van der Waals surface area (Å²) >= 11 is 23.7. The van der Waals surface area contributed by atoms with Gasteiger partial charge in [0.15, 0.2) is 23.0 Å². The average Bonchev–Trinajstić information content (AvgIpc) is 2.58. The molecule has 2 aromatic rings. The highest BCUT2D eigenvalue weighted by molar-refractivity contribution is 6.42. The van der Waals surface area contributed by atoms with Gasteiger partial charge in [0.05, 0.1) is 20.1 Å². The van der Waals surface area contributed by atoms with Gasteiger partial charge < -0.3 is 18.9 Å². The highest BCUT2D eigenvalue weighted by Crippen LogP contribution is 2.49. The normalized spacial score (nSPS) is 13.2. The molecule has 0 amide bonds. The number of ether oxygens (including phenoxy) is 4. The number of hydrogen-bond acceptors (Lipinski definition) is 4. The number of benzene rings is 2. The van der Waals surface area contributed by atoms with Crippen LogP contribution >= 0.6 is 46.4 Å². The molecule has 2 aromatic carbocycles. The third kappa shape index (κ3) is 3.84. The smallest absolute Gasteiger partial charge is 0.171 e. The molecule has 2 aliphatic heterocycles. The van der Waals surface area contributed by atoms with Crippen molar-refractivity contribution in [1.82, 2.24) is 0 Å². The van der Waals surface area contributed by atoms with Crippen LogP contribution in [0.15, 0.2) is 49.3 Å². The van der Waals surface area contributed by atoms with Gasteiger partial charge >= 0.3 is 0 Å². The van der Waals surface area contributed by atoms with Crippen molar-refractivity contribution in [1.29, 1.82) is 0 Å². The summed E-state index contributed by atoms with van der Waals surface area (Å²) in [6.45, 7) is 0. The molecule has 8 heteroatoms. The lowest BCUT2D eigenvalue weighted by molar-refractivity contribution is 0.290. The molecule has 0 spiro atoms. The van der Waals surface area contributed by atoms with Gasteiger partial charge in [-0.15, -0.1) is 0 Å². The molecule has 124 valence electrons. The molecule has 24 heavy (non-hydrogen) atoms. The second-order valence-corrected chi connectivity index (χ2v) is 6.08. The summed E-state index contributed by atoms with van der Waals surface area (Å²) in [5, 5.41) is 1.56. The van der Waals surface area contributed by atoms with Gasteiger partial charge in [-0.2, -0.15) is 0 Å². The summed E-state index contributed by atoms with van der Waals surface area (Å²) in [6, 6.07) is 6.35. The van der Waals surface area contributed by atoms with Crippen LogP contribution in [0.5, 0.6) is 23.0 Å². The standard InChI is InChI=1S/C12H4Cl4O2.C4H4O2/c13-5-1-9-10(2-6(5)14)18-12-4-8(16)7(15)3-11(12)17-9;1-2-6-4-3-5-1/h1-4H;1-4H. The van der Waals surface area contributed by atoms with Gasteiger partial charge in [-0.3, -0.25) is 0 Å². The van der Waals surface area contributed by atoms with E-state index >= 15 is 0 Å². The van der Waals surface area contributed by atoms with Crippen LogP contribution in [0.4, 0.5) is 0 Å². The Bertz CT molecular complexity index is 702. The minimum Gasteiger partial charge on any atom is -0.466 e. The maximum atomic E-state index is 5.91. The summed E-state index contributed by atoms with van der Waals surface area (Å²) in [5.74, 6) is 1.93. The Labute approximate surface area is 157 Å². The largest absolute Gasteiger partial charge is 0.466 e. The maximum Gasteiger partial charge on any atom is 0.171 e. The number of fused-ring (bicyclic) bond motifs is 2. The molecule has 0 atom stereocenters. The Kier molecular flexibility index (Phi) is 5.31. The first kappa shape index (κ1) is 17.1. The SMILES string of the molecule is C1=COC=CO1.Clc1cc2c(cc1Cl)Oc1cc(Cl)c(Cl)cc1O2. The lowest BCUT2D eigenvalue weighted by Crippen LogP contribution is -1.99. The van der Waals surface area contributed by atoms with Gasteiger partial charge in [0.1, 0.15) is 25.0 Å². The monoisotopic (exact) mass is 404 g/mol. The Hall–Kier alpha value is -1.72. The van der Waals surface area contributed by atoms with E-state index in [1.165, 1.54) is 25.0 Å². The summed E-state index contributed by atoms with van der Waals surface area (Å²) in [4.78, 5) is 0. The van der Waals surface area contributed by atoms with Gasteiger partial charge in [0, 0.05) is 24.3 Å². The molecule has 0 aliphatic carbocycles. The quantitative estimate of drug-likeness (QED) is 0.397. The van der Waals surface area contributed by atoms with Crippen molar-refractivity contribution in [3.8, 4) is 23.0 Å². The fraction of sp³-hybridized carbons (Fsp3) is 0. The predicted molar refractivity (Wildman–Crippen MR) is 93.5 cm³/mol. The molecule has 0 saturated heterocycles. The zero-order valence-electron chi connectivity index (χ0n) is 11.8. The first-order valence-corrected chi connectivity index (χ1v) is 8.00. The van der Waals surface area contributed by atoms with E-state index in [9.17, 15) is 0 Å². The number of rotatable bonds is 0. The second kappa shape index (κ2) is 7.45. The van der Waals surface area contributed by atoms with Gasteiger partial charge in [-0.05, 0) is 0 Å². The van der Waals surface area contributed by atoms with Crippen LogP contribution in [0.2, 0.25) is 20.1 Å². The van der Waals surface area contributed by atoms with Gasteiger partial charge in [-0.1, -0.05) is 46.4 Å². The van der Waals surface area contributed by atoms with Crippen LogP contribution in [-0.2, 0) is 9.47 Å². The van der Waals surface area contributed by atoms with E-state index in [0.717, 1.165) is 0 Å². The predicted octanol–water partition coefficient (Wildman–Crippen LogP) is 7.17. The molecule has 4 rings (SSSR count). The molecule has 0 fully saturated rings. The molecule has 0 unspecified atom stereocenters. The fourth-order valence-corrected chi connectivity index (χ4v) is 2.41. The van der Waals surface area contributed by atoms with Crippen molar-refractivity contribution < 1.29 is 18.9 Å². The first-order valence-electron chi connectivity index (χ1n) is 6.49. The van der Waals surface area contributed by atoms with Crippen LogP contribution in [0.25, 0.3) is 0 Å². The van der Waals surface area contributed by atoms with E-state index in [2.05, 4.69) is 9.47 Å². The molecular formula is C16H8Cl4O4. The number of halogens is 4. The first-order chi connectivity index (χ1) is 11.5. The minimum absolute atomic E-state index is 0.391. The molecule has 0 N–H and O–H groups in total. The molecule has 2 aliphatic rings. The molecular weight excluding hydrogens is 398 g/mol. The Balaban J connectivity index is 0.000000238. The topological polar surface area (TPSA) is 36.9 Å². The van der Waals surface area contributed by atoms with Crippen molar-refractivity contribution in [2.45, 2.75) is 0 Å². The Morgan fingerprint density at radius 2 is 0.708 bits per heavy atom. The minimum atomic E-state index is 0.391. The summed E-state index contributed by atoms with van der Waals surface area (Å²) < 4.78 is 20.4. The summed E-state index contributed by atoms with van der Waals surface area (Å²) in [5.41, 5.74) is 0. The molecule has 4 nitrogen and oxygen atoms in total. The third-order valence-corrected chi connectivity index (χ3v) is 4.28. The molecule has 0 aromatic heterocycles. The van der Waals surface area contributed by atoms with Crippen LogP contribution in [0.3, 0.4) is 0 Å². The van der Waals surface area contributed by atoms with Crippen molar-refractivity contribution in [3.05, 3.63) is 69.4 Å². The highest BCUT2D eigenvalue weighted by atomic mass is 35.5. The second-order valence-electron chi connectivity index (χ2n) is 4.45. The fourth-order valence-electron chi connectivity index (χ4n) is 1.80. The molecule has 0 bridgehead atoms. The van der Waals surface area contributed by atoms with Gasteiger partial charge in [0.2, 0.25) is 0 Å². The van der Waals surface area contributed by atoms with E-state index in [1.807, 2.05) is 0 Å². The zero-order valence-corrected chi connectivity index (χ0v) is 14.8. The van der Waals surface area contributed by atoms with E-state index in [-0.39, 0.29) is 0 Å².